The largest absolute Gasteiger partial charge is 0.382 e. The molecule has 1 heterocycles. The van der Waals surface area contributed by atoms with Crippen molar-refractivity contribution in [3.05, 3.63) is 0 Å². The van der Waals surface area contributed by atoms with Crippen molar-refractivity contribution in [2.45, 2.75) is 37.8 Å². The van der Waals surface area contributed by atoms with Crippen LogP contribution in [-0.4, -0.2) is 63.5 Å². The zero-order valence-electron chi connectivity index (χ0n) is 11.0. The van der Waals surface area contributed by atoms with E-state index in [9.17, 15) is 0 Å². The number of nitrogens with zero attached hydrogens (tertiary/aromatic N) is 1. The molecule has 0 aromatic heterocycles. The van der Waals surface area contributed by atoms with Gasteiger partial charge in [-0.2, -0.15) is 0 Å². The maximum absolute atomic E-state index is 5.56. The van der Waals surface area contributed by atoms with Crippen LogP contribution in [0.4, 0.5) is 0 Å². The Morgan fingerprint density at radius 3 is 2.71 bits per heavy atom. The first-order valence-electron chi connectivity index (χ1n) is 6.94. The normalized spacial score (nSPS) is 24.7. The van der Waals surface area contributed by atoms with Gasteiger partial charge in [0, 0.05) is 32.3 Å². The van der Waals surface area contributed by atoms with E-state index in [4.69, 9.17) is 9.47 Å². The quantitative estimate of drug-likeness (QED) is 0.608. The Kier molecular flexibility index (Phi) is 5.71. The maximum atomic E-state index is 5.56. The topological polar surface area (TPSA) is 33.7 Å². The standard InChI is InChI=1S/C13H26N2O2/c1-16-9-10-17-8-7-15(13-4-5-13)11-12-3-2-6-14-12/h12-14H,2-11H2,1H3. The fraction of sp³-hybridized carbons (Fsp3) is 1.00. The molecule has 0 aromatic carbocycles. The van der Waals surface area contributed by atoms with E-state index in [0.717, 1.165) is 31.8 Å². The summed E-state index contributed by atoms with van der Waals surface area (Å²) < 4.78 is 10.5. The molecule has 100 valence electrons. The van der Waals surface area contributed by atoms with Gasteiger partial charge in [0.1, 0.15) is 0 Å². The van der Waals surface area contributed by atoms with Crippen LogP contribution in [0, 0.1) is 0 Å². The summed E-state index contributed by atoms with van der Waals surface area (Å²) in [5.41, 5.74) is 0. The molecule has 4 heteroatoms. The zero-order chi connectivity index (χ0) is 11.9. The van der Waals surface area contributed by atoms with Crippen molar-refractivity contribution >= 4 is 0 Å². The summed E-state index contributed by atoms with van der Waals surface area (Å²) in [5.74, 6) is 0. The van der Waals surface area contributed by atoms with Gasteiger partial charge >= 0.3 is 0 Å². The lowest BCUT2D eigenvalue weighted by atomic mass is 10.2. The number of nitrogens with one attached hydrogen (secondary N) is 1. The molecule has 1 saturated carbocycles. The van der Waals surface area contributed by atoms with E-state index in [0.29, 0.717) is 6.61 Å². The maximum Gasteiger partial charge on any atom is 0.0700 e. The Morgan fingerprint density at radius 2 is 2.06 bits per heavy atom. The Hall–Kier alpha value is -0.160. The molecule has 17 heavy (non-hydrogen) atoms. The van der Waals surface area contributed by atoms with Gasteiger partial charge in [0.25, 0.3) is 0 Å². The van der Waals surface area contributed by atoms with Gasteiger partial charge in [-0.1, -0.05) is 0 Å². The number of methoxy groups -OCH3 is 1. The summed E-state index contributed by atoms with van der Waals surface area (Å²) in [5, 5.41) is 3.58. The monoisotopic (exact) mass is 242 g/mol. The Morgan fingerprint density at radius 1 is 1.18 bits per heavy atom. The van der Waals surface area contributed by atoms with Crippen molar-refractivity contribution in [1.82, 2.24) is 10.2 Å². The molecule has 4 nitrogen and oxygen atoms in total. The van der Waals surface area contributed by atoms with E-state index in [2.05, 4.69) is 10.2 Å². The van der Waals surface area contributed by atoms with Crippen LogP contribution in [-0.2, 0) is 9.47 Å². The summed E-state index contributed by atoms with van der Waals surface area (Å²) in [4.78, 5) is 2.61. The lowest BCUT2D eigenvalue weighted by molar-refractivity contribution is 0.0546. The smallest absolute Gasteiger partial charge is 0.0700 e. The molecule has 0 amide bonds. The average Bonchev–Trinajstić information content (AvgIpc) is 3.06. The SMILES string of the molecule is COCCOCCN(CC1CCCN1)C1CC1. The second kappa shape index (κ2) is 7.31. The first-order chi connectivity index (χ1) is 8.40. The molecule has 0 bridgehead atoms. The molecular weight excluding hydrogens is 216 g/mol. The van der Waals surface area contributed by atoms with Gasteiger partial charge < -0.3 is 14.8 Å². The zero-order valence-corrected chi connectivity index (χ0v) is 11.0. The number of rotatable bonds is 9. The molecule has 2 rings (SSSR count). The molecule has 1 aliphatic heterocycles. The molecule has 0 spiro atoms. The molecule has 1 atom stereocenters. The number of ether oxygens (including phenoxy) is 2. The lowest BCUT2D eigenvalue weighted by Crippen LogP contribution is -2.40. The fourth-order valence-corrected chi connectivity index (χ4v) is 2.48. The highest BCUT2D eigenvalue weighted by Gasteiger charge is 2.30. The summed E-state index contributed by atoms with van der Waals surface area (Å²) in [7, 11) is 1.71. The van der Waals surface area contributed by atoms with Crippen molar-refractivity contribution in [1.29, 1.82) is 0 Å². The fourth-order valence-electron chi connectivity index (χ4n) is 2.48. The minimum Gasteiger partial charge on any atom is -0.382 e. The van der Waals surface area contributed by atoms with Crippen molar-refractivity contribution < 1.29 is 9.47 Å². The van der Waals surface area contributed by atoms with E-state index in [1.54, 1.807) is 7.11 Å². The second-order valence-corrected chi connectivity index (χ2v) is 5.12. The van der Waals surface area contributed by atoms with Gasteiger partial charge in [0.05, 0.1) is 19.8 Å². The van der Waals surface area contributed by atoms with Crippen molar-refractivity contribution in [3.8, 4) is 0 Å². The molecule has 1 aliphatic carbocycles. The highest BCUT2D eigenvalue weighted by Crippen LogP contribution is 2.27. The Labute approximate surface area is 105 Å². The van der Waals surface area contributed by atoms with E-state index < -0.39 is 0 Å². The summed E-state index contributed by atoms with van der Waals surface area (Å²) in [6.07, 6.45) is 5.44. The van der Waals surface area contributed by atoms with Gasteiger partial charge in [0.15, 0.2) is 0 Å². The average molecular weight is 242 g/mol. The van der Waals surface area contributed by atoms with Gasteiger partial charge in [-0.15, -0.1) is 0 Å². The van der Waals surface area contributed by atoms with Gasteiger partial charge in [0.2, 0.25) is 0 Å². The minimum absolute atomic E-state index is 0.702. The first kappa shape index (κ1) is 13.3. The van der Waals surface area contributed by atoms with Crippen LogP contribution in [0.2, 0.25) is 0 Å². The van der Waals surface area contributed by atoms with Crippen LogP contribution in [0.3, 0.4) is 0 Å². The van der Waals surface area contributed by atoms with E-state index in [1.165, 1.54) is 38.8 Å². The number of hydrogen-bond donors (Lipinski definition) is 1. The number of hydrogen-bond acceptors (Lipinski definition) is 4. The van der Waals surface area contributed by atoms with Crippen molar-refractivity contribution in [2.24, 2.45) is 0 Å². The van der Waals surface area contributed by atoms with E-state index >= 15 is 0 Å². The molecule has 1 unspecified atom stereocenters. The molecular formula is C13H26N2O2. The predicted molar refractivity (Wildman–Crippen MR) is 68.3 cm³/mol. The van der Waals surface area contributed by atoms with Crippen LogP contribution in [0.25, 0.3) is 0 Å². The highest BCUT2D eigenvalue weighted by atomic mass is 16.5. The van der Waals surface area contributed by atoms with Crippen molar-refractivity contribution in [3.63, 3.8) is 0 Å². The molecule has 0 aromatic rings. The van der Waals surface area contributed by atoms with Gasteiger partial charge in [-0.25, -0.2) is 0 Å². The van der Waals surface area contributed by atoms with E-state index in [-0.39, 0.29) is 0 Å². The summed E-state index contributed by atoms with van der Waals surface area (Å²) in [6.45, 7) is 5.75. The summed E-state index contributed by atoms with van der Waals surface area (Å²) >= 11 is 0. The van der Waals surface area contributed by atoms with Crippen LogP contribution < -0.4 is 5.32 Å². The third-order valence-electron chi connectivity index (χ3n) is 3.64. The van der Waals surface area contributed by atoms with Crippen LogP contribution in [0.1, 0.15) is 25.7 Å². The molecule has 2 fully saturated rings. The molecule has 0 radical (unpaired) electrons. The highest BCUT2D eigenvalue weighted by molar-refractivity contribution is 4.88. The van der Waals surface area contributed by atoms with Crippen LogP contribution in [0.15, 0.2) is 0 Å². The van der Waals surface area contributed by atoms with E-state index in [1.807, 2.05) is 0 Å². The predicted octanol–water partition coefficient (Wildman–Crippen LogP) is 0.866. The third kappa shape index (κ3) is 4.92. The molecule has 1 N–H and O–H groups in total. The minimum atomic E-state index is 0.702. The Balaban J connectivity index is 1.59. The third-order valence-corrected chi connectivity index (χ3v) is 3.64. The second-order valence-electron chi connectivity index (χ2n) is 5.12. The summed E-state index contributed by atoms with van der Waals surface area (Å²) in [6, 6.07) is 1.55. The van der Waals surface area contributed by atoms with Crippen LogP contribution in [0.5, 0.6) is 0 Å². The first-order valence-corrected chi connectivity index (χ1v) is 6.94. The molecule has 1 saturated heterocycles. The Bertz CT molecular complexity index is 204. The van der Waals surface area contributed by atoms with Crippen molar-refractivity contribution in [2.75, 3.05) is 46.6 Å². The van der Waals surface area contributed by atoms with Gasteiger partial charge in [-0.05, 0) is 32.2 Å². The lowest BCUT2D eigenvalue weighted by Gasteiger charge is -2.25. The van der Waals surface area contributed by atoms with Crippen LogP contribution >= 0.6 is 0 Å². The molecule has 2 aliphatic rings. The van der Waals surface area contributed by atoms with Gasteiger partial charge in [-0.3, -0.25) is 4.90 Å².